The molecule has 0 aliphatic carbocycles. The molecule has 11 heteroatoms. The van der Waals surface area contributed by atoms with E-state index in [0.29, 0.717) is 29.5 Å². The Morgan fingerprint density at radius 1 is 1.03 bits per heavy atom. The topological polar surface area (TPSA) is 85.9 Å². The summed E-state index contributed by atoms with van der Waals surface area (Å²) in [5.74, 6) is 0. The minimum absolute atomic E-state index is 0.166. The van der Waals surface area contributed by atoms with Gasteiger partial charge in [0, 0.05) is 23.5 Å². The van der Waals surface area contributed by atoms with Crippen LogP contribution >= 0.6 is 34.8 Å². The second-order valence-corrected chi connectivity index (χ2v) is 10.5. The lowest BCUT2D eigenvalue weighted by Crippen LogP contribution is -2.43. The third kappa shape index (κ3) is 5.24. The molecule has 8 nitrogen and oxygen atoms in total. The fraction of sp³-hybridized carbons (Fsp3) is 0.522. The van der Waals surface area contributed by atoms with E-state index >= 15 is 0 Å². The molecule has 0 unspecified atom stereocenters. The van der Waals surface area contributed by atoms with E-state index in [1.165, 1.54) is 16.8 Å². The van der Waals surface area contributed by atoms with Gasteiger partial charge in [-0.3, -0.25) is 4.79 Å². The molecule has 1 amide bonds. The van der Waals surface area contributed by atoms with Gasteiger partial charge in [-0.2, -0.15) is 5.10 Å². The normalized spacial score (nSPS) is 11.9. The highest BCUT2D eigenvalue weighted by molar-refractivity contribution is 6.40. The van der Waals surface area contributed by atoms with E-state index in [0.717, 1.165) is 30.4 Å². The highest BCUT2D eigenvalue weighted by Gasteiger charge is 2.30. The van der Waals surface area contributed by atoms with Gasteiger partial charge in [-0.25, -0.2) is 9.48 Å². The summed E-state index contributed by atoms with van der Waals surface area (Å²) in [5.41, 5.74) is -0.162. The Hall–Kier alpha value is -2.16. The Labute approximate surface area is 213 Å². The van der Waals surface area contributed by atoms with Gasteiger partial charge in [-0.15, -0.1) is 9.78 Å². The maximum absolute atomic E-state index is 13.6. The number of nitrogens with zero attached hydrogens (tertiary/aromatic N) is 6. The highest BCUT2D eigenvalue weighted by atomic mass is 35.5. The molecule has 0 atom stereocenters. The molecule has 1 aromatic carbocycles. The molecule has 184 valence electrons. The maximum atomic E-state index is 13.6. The fourth-order valence-corrected chi connectivity index (χ4v) is 4.59. The van der Waals surface area contributed by atoms with Crippen LogP contribution in [0.25, 0.3) is 16.7 Å². The first kappa shape index (κ1) is 26.4. The molecule has 0 bridgehead atoms. The van der Waals surface area contributed by atoms with Crippen molar-refractivity contribution in [3.8, 4) is 5.69 Å². The van der Waals surface area contributed by atoms with Crippen LogP contribution in [0.5, 0.6) is 0 Å². The van der Waals surface area contributed by atoms with Crippen LogP contribution in [-0.2, 0) is 5.41 Å². The van der Waals surface area contributed by atoms with Crippen molar-refractivity contribution in [1.29, 1.82) is 0 Å². The molecule has 0 saturated heterocycles. The number of unbranched alkanes of at least 4 members (excludes halogenated alkanes) is 2. The lowest BCUT2D eigenvalue weighted by molar-refractivity contribution is 0.192. The van der Waals surface area contributed by atoms with Gasteiger partial charge in [0.15, 0.2) is 5.65 Å². The summed E-state index contributed by atoms with van der Waals surface area (Å²) in [6.45, 7) is 11.0. The lowest BCUT2D eigenvalue weighted by Gasteiger charge is -2.22. The minimum Gasteiger partial charge on any atom is -0.323 e. The zero-order valence-corrected chi connectivity index (χ0v) is 22.3. The summed E-state index contributed by atoms with van der Waals surface area (Å²) in [7, 11) is 0. The van der Waals surface area contributed by atoms with Gasteiger partial charge in [0.05, 0.1) is 15.7 Å². The van der Waals surface area contributed by atoms with E-state index in [1.807, 2.05) is 20.8 Å². The lowest BCUT2D eigenvalue weighted by atomic mass is 9.91. The van der Waals surface area contributed by atoms with Gasteiger partial charge in [-0.05, 0) is 25.0 Å². The van der Waals surface area contributed by atoms with Crippen LogP contribution in [0.4, 0.5) is 4.79 Å². The quantitative estimate of drug-likeness (QED) is 0.370. The molecule has 2 aromatic heterocycles. The van der Waals surface area contributed by atoms with Gasteiger partial charge in [0.1, 0.15) is 11.1 Å². The summed E-state index contributed by atoms with van der Waals surface area (Å²) in [6.07, 6.45) is 3.52. The predicted molar refractivity (Wildman–Crippen MR) is 137 cm³/mol. The van der Waals surface area contributed by atoms with Gasteiger partial charge in [0.25, 0.3) is 5.56 Å². The van der Waals surface area contributed by atoms with Crippen molar-refractivity contribution in [2.45, 2.75) is 65.7 Å². The maximum Gasteiger partial charge on any atom is 0.349 e. The monoisotopic (exact) mass is 526 g/mol. The molecule has 34 heavy (non-hydrogen) atoms. The van der Waals surface area contributed by atoms with Crippen LogP contribution in [0, 0.1) is 0 Å². The molecular weight excluding hydrogens is 499 g/mol. The summed E-state index contributed by atoms with van der Waals surface area (Å²) < 4.78 is 2.23. The number of hydrogen-bond donors (Lipinski definition) is 0. The summed E-state index contributed by atoms with van der Waals surface area (Å²) >= 11 is 18.9. The van der Waals surface area contributed by atoms with Crippen LogP contribution in [0.2, 0.25) is 15.1 Å². The van der Waals surface area contributed by atoms with Crippen molar-refractivity contribution >= 4 is 51.9 Å². The molecule has 2 heterocycles. The first-order valence-corrected chi connectivity index (χ1v) is 12.5. The number of carbonyl (C=O) groups excluding carboxylic acids is 1. The Morgan fingerprint density at radius 3 is 2.09 bits per heavy atom. The molecule has 0 spiro atoms. The number of hydrogen-bond acceptors (Lipinski definition) is 5. The summed E-state index contributed by atoms with van der Waals surface area (Å²) in [6, 6.07) is 2.58. The van der Waals surface area contributed by atoms with Crippen molar-refractivity contribution in [3.05, 3.63) is 43.2 Å². The summed E-state index contributed by atoms with van der Waals surface area (Å²) in [4.78, 5) is 28.6. The number of carbonyl (C=O) groups is 1. The highest BCUT2D eigenvalue weighted by Crippen LogP contribution is 2.35. The smallest absolute Gasteiger partial charge is 0.323 e. The van der Waals surface area contributed by atoms with Gasteiger partial charge in [-0.1, -0.05) is 87.5 Å². The average Bonchev–Trinajstić information content (AvgIpc) is 3.14. The fourth-order valence-electron chi connectivity index (χ4n) is 3.61. The van der Waals surface area contributed by atoms with Crippen LogP contribution < -0.4 is 5.56 Å². The second kappa shape index (κ2) is 10.6. The first-order valence-electron chi connectivity index (χ1n) is 11.3. The third-order valence-electron chi connectivity index (χ3n) is 5.41. The standard InChI is InChI=1S/C23H29Cl3N6O2/c1-6-8-10-30(11-9-7-2)22(34)32-21(33)17-19(23(3,4)5)28-31(20(17)27-29-32)18-15(25)12-14(24)13-16(18)26/h12-13H,6-11H2,1-5H3. The van der Waals surface area contributed by atoms with Crippen LogP contribution in [-0.4, -0.2) is 48.8 Å². The Kier molecular flexibility index (Phi) is 8.26. The molecule has 0 saturated carbocycles. The van der Waals surface area contributed by atoms with Crippen molar-refractivity contribution in [2.24, 2.45) is 0 Å². The van der Waals surface area contributed by atoms with Crippen molar-refractivity contribution < 1.29 is 4.79 Å². The number of benzene rings is 1. The Bertz CT molecular complexity index is 1230. The van der Waals surface area contributed by atoms with Gasteiger partial charge >= 0.3 is 6.03 Å². The number of aromatic nitrogens is 5. The number of rotatable bonds is 7. The molecule has 0 radical (unpaired) electrons. The van der Waals surface area contributed by atoms with E-state index in [9.17, 15) is 9.59 Å². The number of fused-ring (bicyclic) bond motifs is 1. The van der Waals surface area contributed by atoms with Crippen LogP contribution in [0.1, 0.15) is 66.0 Å². The molecule has 0 N–H and O–H groups in total. The number of amides is 1. The minimum atomic E-state index is -0.578. The third-order valence-corrected chi connectivity index (χ3v) is 6.21. The molecule has 3 rings (SSSR count). The first-order chi connectivity index (χ1) is 16.0. The molecule has 0 fully saturated rings. The SMILES string of the molecule is CCCCN(CCCC)C(=O)n1nnc2c(c(C(C)(C)C)nn2-c2c(Cl)cc(Cl)cc2Cl)c1=O. The Morgan fingerprint density at radius 2 is 1.59 bits per heavy atom. The van der Waals surface area contributed by atoms with E-state index in [2.05, 4.69) is 29.3 Å². The predicted octanol–water partition coefficient (Wildman–Crippen LogP) is 6.11. The Balaban J connectivity index is 2.25. The molecule has 0 aliphatic rings. The van der Waals surface area contributed by atoms with Crippen molar-refractivity contribution in [1.82, 2.24) is 29.7 Å². The molecular formula is C23H29Cl3N6O2. The molecule has 0 aliphatic heterocycles. The number of halogens is 3. The van der Waals surface area contributed by atoms with E-state index in [-0.39, 0.29) is 21.1 Å². The van der Waals surface area contributed by atoms with Crippen molar-refractivity contribution in [2.75, 3.05) is 13.1 Å². The van der Waals surface area contributed by atoms with Crippen LogP contribution in [0.3, 0.4) is 0 Å². The van der Waals surface area contributed by atoms with E-state index in [1.54, 1.807) is 4.90 Å². The average molecular weight is 528 g/mol. The van der Waals surface area contributed by atoms with Crippen LogP contribution in [0.15, 0.2) is 16.9 Å². The van der Waals surface area contributed by atoms with Crippen molar-refractivity contribution in [3.63, 3.8) is 0 Å². The summed E-state index contributed by atoms with van der Waals surface area (Å²) in [5, 5.41) is 13.9. The van der Waals surface area contributed by atoms with Gasteiger partial charge < -0.3 is 4.90 Å². The zero-order chi connectivity index (χ0) is 25.2. The second-order valence-electron chi connectivity index (χ2n) is 9.21. The molecule has 3 aromatic rings. The zero-order valence-electron chi connectivity index (χ0n) is 20.0. The largest absolute Gasteiger partial charge is 0.349 e. The van der Waals surface area contributed by atoms with E-state index < -0.39 is 17.0 Å². The van der Waals surface area contributed by atoms with E-state index in [4.69, 9.17) is 34.8 Å². The van der Waals surface area contributed by atoms with Gasteiger partial charge in [0.2, 0.25) is 0 Å².